The summed E-state index contributed by atoms with van der Waals surface area (Å²) in [5.74, 6) is 1.55. The number of nitrogens with two attached hydrogens (primary N) is 1. The summed E-state index contributed by atoms with van der Waals surface area (Å²) >= 11 is 0. The number of rotatable bonds is 5. The first kappa shape index (κ1) is 14.7. The van der Waals surface area contributed by atoms with Gasteiger partial charge in [0.1, 0.15) is 0 Å². The molecule has 2 rings (SSSR count). The standard InChI is InChI=1S/C15H23NO2S/c1-11-5-12(2)7-13(6-11)9-19(17)10-15(16)14-3-4-18-8-14/h5-7,14-15H,3-4,8-10,16H2,1-2H3. The first-order valence-corrected chi connectivity index (χ1v) is 8.29. The largest absolute Gasteiger partial charge is 0.381 e. The van der Waals surface area contributed by atoms with Crippen LogP contribution in [0.2, 0.25) is 0 Å². The quantitative estimate of drug-likeness (QED) is 0.897. The Labute approximate surface area is 118 Å². The first-order chi connectivity index (χ1) is 9.04. The van der Waals surface area contributed by atoms with Crippen LogP contribution in [0.25, 0.3) is 0 Å². The number of hydrogen-bond donors (Lipinski definition) is 1. The molecule has 0 saturated carbocycles. The van der Waals surface area contributed by atoms with Gasteiger partial charge in [0.2, 0.25) is 0 Å². The minimum Gasteiger partial charge on any atom is -0.381 e. The highest BCUT2D eigenvalue weighted by Crippen LogP contribution is 2.17. The van der Waals surface area contributed by atoms with Crippen molar-refractivity contribution < 1.29 is 8.95 Å². The van der Waals surface area contributed by atoms with Crippen LogP contribution in [-0.2, 0) is 21.3 Å². The van der Waals surface area contributed by atoms with Crippen molar-refractivity contribution in [1.29, 1.82) is 0 Å². The van der Waals surface area contributed by atoms with E-state index < -0.39 is 10.8 Å². The predicted molar refractivity (Wildman–Crippen MR) is 79.5 cm³/mol. The summed E-state index contributed by atoms with van der Waals surface area (Å²) in [6.45, 7) is 5.66. The van der Waals surface area contributed by atoms with Crippen molar-refractivity contribution in [1.82, 2.24) is 0 Å². The Hall–Kier alpha value is -0.710. The summed E-state index contributed by atoms with van der Waals surface area (Å²) in [6, 6.07) is 6.34. The van der Waals surface area contributed by atoms with E-state index >= 15 is 0 Å². The Bertz CT molecular complexity index is 435. The highest BCUT2D eigenvalue weighted by atomic mass is 32.2. The van der Waals surface area contributed by atoms with Crippen molar-refractivity contribution in [2.24, 2.45) is 11.7 Å². The number of benzene rings is 1. The second-order valence-electron chi connectivity index (χ2n) is 5.53. The average Bonchev–Trinajstić information content (AvgIpc) is 2.80. The lowest BCUT2D eigenvalue weighted by Crippen LogP contribution is -2.35. The summed E-state index contributed by atoms with van der Waals surface area (Å²) in [5, 5.41) is 0. The molecule has 3 nitrogen and oxygen atoms in total. The SMILES string of the molecule is Cc1cc(C)cc(CS(=O)CC(N)C2CCOC2)c1. The second kappa shape index (κ2) is 6.64. The second-order valence-corrected chi connectivity index (χ2v) is 7.04. The normalized spacial score (nSPS) is 22.4. The van der Waals surface area contributed by atoms with Crippen molar-refractivity contribution in [3.05, 3.63) is 34.9 Å². The van der Waals surface area contributed by atoms with Crippen molar-refractivity contribution in [3.8, 4) is 0 Å². The predicted octanol–water partition coefficient (Wildman–Crippen LogP) is 1.92. The molecule has 3 atom stereocenters. The Kier molecular flexibility index (Phi) is 5.13. The maximum atomic E-state index is 12.2. The van der Waals surface area contributed by atoms with E-state index in [9.17, 15) is 4.21 Å². The molecule has 0 aliphatic carbocycles. The zero-order valence-electron chi connectivity index (χ0n) is 11.7. The van der Waals surface area contributed by atoms with Crippen LogP contribution >= 0.6 is 0 Å². The zero-order valence-corrected chi connectivity index (χ0v) is 12.5. The molecule has 2 N–H and O–H groups in total. The van der Waals surface area contributed by atoms with Crippen LogP contribution in [0, 0.1) is 19.8 Å². The van der Waals surface area contributed by atoms with E-state index in [0.29, 0.717) is 17.4 Å². The van der Waals surface area contributed by atoms with Crippen molar-refractivity contribution in [2.75, 3.05) is 19.0 Å². The minimum atomic E-state index is -0.894. The highest BCUT2D eigenvalue weighted by Gasteiger charge is 2.24. The molecule has 1 fully saturated rings. The van der Waals surface area contributed by atoms with Crippen LogP contribution in [0.4, 0.5) is 0 Å². The molecule has 0 spiro atoms. The molecule has 1 saturated heterocycles. The third-order valence-corrected chi connectivity index (χ3v) is 4.97. The van der Waals surface area contributed by atoms with Crippen molar-refractivity contribution in [2.45, 2.75) is 32.1 Å². The van der Waals surface area contributed by atoms with Gasteiger partial charge in [0.05, 0.1) is 6.61 Å². The molecule has 1 aliphatic heterocycles. The van der Waals surface area contributed by atoms with Gasteiger partial charge in [-0.1, -0.05) is 29.3 Å². The van der Waals surface area contributed by atoms with Crippen LogP contribution < -0.4 is 5.73 Å². The monoisotopic (exact) mass is 281 g/mol. The molecule has 1 heterocycles. The molecule has 106 valence electrons. The van der Waals surface area contributed by atoms with Crippen molar-refractivity contribution >= 4 is 10.8 Å². The summed E-state index contributed by atoms with van der Waals surface area (Å²) in [6.07, 6.45) is 1.00. The highest BCUT2D eigenvalue weighted by molar-refractivity contribution is 7.84. The Balaban J connectivity index is 1.89. The van der Waals surface area contributed by atoms with Gasteiger partial charge in [0, 0.05) is 40.9 Å². The molecule has 19 heavy (non-hydrogen) atoms. The molecule has 3 unspecified atom stereocenters. The van der Waals surface area contributed by atoms with Gasteiger partial charge in [0.25, 0.3) is 0 Å². The third kappa shape index (κ3) is 4.41. The fourth-order valence-corrected chi connectivity index (χ4v) is 4.00. The molecular weight excluding hydrogens is 258 g/mol. The molecular formula is C15H23NO2S. The maximum Gasteiger partial charge on any atom is 0.0510 e. The Morgan fingerprint density at radius 2 is 2.05 bits per heavy atom. The first-order valence-electron chi connectivity index (χ1n) is 6.80. The number of hydrogen-bond acceptors (Lipinski definition) is 3. The van der Waals surface area contributed by atoms with Gasteiger partial charge in [-0.15, -0.1) is 0 Å². The molecule has 0 aromatic heterocycles. The van der Waals surface area contributed by atoms with Gasteiger partial charge in [0.15, 0.2) is 0 Å². The van der Waals surface area contributed by atoms with E-state index in [2.05, 4.69) is 32.0 Å². The molecule has 4 heteroatoms. The molecule has 1 aromatic rings. The van der Waals surface area contributed by atoms with Gasteiger partial charge < -0.3 is 10.5 Å². The lowest BCUT2D eigenvalue weighted by molar-refractivity contribution is 0.182. The smallest absolute Gasteiger partial charge is 0.0510 e. The summed E-state index contributed by atoms with van der Waals surface area (Å²) in [7, 11) is -0.894. The Morgan fingerprint density at radius 1 is 1.37 bits per heavy atom. The average molecular weight is 281 g/mol. The van der Waals surface area contributed by atoms with Crippen LogP contribution in [0.1, 0.15) is 23.1 Å². The van der Waals surface area contributed by atoms with Crippen molar-refractivity contribution in [3.63, 3.8) is 0 Å². The summed E-state index contributed by atoms with van der Waals surface area (Å²) in [4.78, 5) is 0. The lowest BCUT2D eigenvalue weighted by atomic mass is 10.0. The summed E-state index contributed by atoms with van der Waals surface area (Å²) in [5.41, 5.74) is 9.71. The fourth-order valence-electron chi connectivity index (χ4n) is 2.64. The fraction of sp³-hybridized carbons (Fsp3) is 0.600. The lowest BCUT2D eigenvalue weighted by Gasteiger charge is -2.17. The summed E-state index contributed by atoms with van der Waals surface area (Å²) < 4.78 is 17.5. The van der Waals surface area contributed by atoms with E-state index in [1.165, 1.54) is 11.1 Å². The minimum absolute atomic E-state index is 0.00533. The van der Waals surface area contributed by atoms with Crippen LogP contribution in [-0.4, -0.2) is 29.2 Å². The molecule has 0 radical (unpaired) electrons. The Morgan fingerprint density at radius 3 is 2.63 bits per heavy atom. The van der Waals surface area contributed by atoms with Crippen LogP contribution in [0.3, 0.4) is 0 Å². The van der Waals surface area contributed by atoms with Gasteiger partial charge >= 0.3 is 0 Å². The molecule has 0 bridgehead atoms. The van der Waals surface area contributed by atoms with E-state index in [1.807, 2.05) is 0 Å². The van der Waals surface area contributed by atoms with Crippen LogP contribution in [0.15, 0.2) is 18.2 Å². The van der Waals surface area contributed by atoms with Crippen LogP contribution in [0.5, 0.6) is 0 Å². The number of ether oxygens (including phenoxy) is 1. The topological polar surface area (TPSA) is 52.3 Å². The van der Waals surface area contributed by atoms with E-state index in [0.717, 1.165) is 25.2 Å². The van der Waals surface area contributed by atoms with E-state index in [-0.39, 0.29) is 6.04 Å². The molecule has 1 aromatic carbocycles. The number of aryl methyl sites for hydroxylation is 2. The van der Waals surface area contributed by atoms with Gasteiger partial charge in [-0.3, -0.25) is 4.21 Å². The molecule has 0 amide bonds. The van der Waals surface area contributed by atoms with Gasteiger partial charge in [-0.2, -0.15) is 0 Å². The van der Waals surface area contributed by atoms with Gasteiger partial charge in [-0.05, 0) is 25.8 Å². The maximum absolute atomic E-state index is 12.2. The van der Waals surface area contributed by atoms with E-state index in [1.54, 1.807) is 0 Å². The third-order valence-electron chi connectivity index (χ3n) is 3.56. The zero-order chi connectivity index (χ0) is 13.8. The van der Waals surface area contributed by atoms with E-state index in [4.69, 9.17) is 10.5 Å². The van der Waals surface area contributed by atoms with Gasteiger partial charge in [-0.25, -0.2) is 0 Å². The molecule has 1 aliphatic rings.